The molecule has 0 rings (SSSR count). The predicted molar refractivity (Wildman–Crippen MR) is 212 cm³/mol. The number of carbonyl (C=O) groups excluding carboxylic acids is 1. The summed E-state index contributed by atoms with van der Waals surface area (Å²) < 4.78 is 23.4. The first-order valence-electron chi connectivity index (χ1n) is 21.1. The Hall–Kier alpha value is -0.760. The summed E-state index contributed by atoms with van der Waals surface area (Å²) in [6.45, 7) is 4.79. The Bertz CT molecular complexity index is 834. The van der Waals surface area contributed by atoms with Gasteiger partial charge < -0.3 is 19.8 Å². The topological polar surface area (TPSA) is 105 Å². The molecule has 0 radical (unpaired) electrons. The summed E-state index contributed by atoms with van der Waals surface area (Å²) in [6.07, 6.45) is 37.1. The zero-order valence-electron chi connectivity index (χ0n) is 33.7. The third-order valence-electron chi connectivity index (χ3n) is 9.51. The van der Waals surface area contributed by atoms with Gasteiger partial charge in [-0.2, -0.15) is 0 Å². The number of allylic oxidation sites excluding steroid dienone is 1. The van der Waals surface area contributed by atoms with Gasteiger partial charge in [0.2, 0.25) is 5.91 Å². The van der Waals surface area contributed by atoms with Crippen LogP contribution in [0.4, 0.5) is 0 Å². The molecule has 0 saturated carbocycles. The van der Waals surface area contributed by atoms with E-state index in [0.29, 0.717) is 17.4 Å². The maximum absolute atomic E-state index is 12.8. The number of amides is 1. The molecule has 0 aliphatic rings. The molecule has 298 valence electrons. The number of hydrogen-bond donors (Lipinski definition) is 3. The van der Waals surface area contributed by atoms with Crippen molar-refractivity contribution in [2.24, 2.45) is 0 Å². The minimum absolute atomic E-state index is 0.0641. The van der Waals surface area contributed by atoms with Crippen molar-refractivity contribution in [3.05, 3.63) is 12.2 Å². The maximum Gasteiger partial charge on any atom is 0.472 e. The van der Waals surface area contributed by atoms with Crippen LogP contribution in [0.1, 0.15) is 194 Å². The SMILES string of the molecule is CCCCCCCCC/C=C/C(O)C(COP(=O)(O)OCC[N+](C)(C)C)NC(=O)CCCCCCCCCCCCCCCCCCCCC. The van der Waals surface area contributed by atoms with Gasteiger partial charge in [0, 0.05) is 6.42 Å². The number of aliphatic hydroxyl groups is 1. The van der Waals surface area contributed by atoms with Crippen molar-refractivity contribution >= 4 is 13.7 Å². The highest BCUT2D eigenvalue weighted by Crippen LogP contribution is 2.43. The third-order valence-corrected chi connectivity index (χ3v) is 10.5. The van der Waals surface area contributed by atoms with Gasteiger partial charge in [-0.25, -0.2) is 4.57 Å². The van der Waals surface area contributed by atoms with Crippen LogP contribution in [0, 0.1) is 0 Å². The molecule has 0 aromatic rings. The lowest BCUT2D eigenvalue weighted by atomic mass is 10.0. The summed E-state index contributed by atoms with van der Waals surface area (Å²) in [6, 6.07) is -0.837. The van der Waals surface area contributed by atoms with Crippen LogP contribution in [0.2, 0.25) is 0 Å². The molecule has 9 heteroatoms. The van der Waals surface area contributed by atoms with Gasteiger partial charge in [-0.3, -0.25) is 13.8 Å². The molecule has 0 fully saturated rings. The molecule has 50 heavy (non-hydrogen) atoms. The Kier molecular flexibility index (Phi) is 33.5. The van der Waals surface area contributed by atoms with Crippen LogP contribution < -0.4 is 5.32 Å². The highest BCUT2D eigenvalue weighted by molar-refractivity contribution is 7.47. The number of nitrogens with one attached hydrogen (secondary N) is 1. The minimum Gasteiger partial charge on any atom is -0.387 e. The molecule has 0 saturated heterocycles. The van der Waals surface area contributed by atoms with E-state index in [4.69, 9.17) is 9.05 Å². The molecular weight excluding hydrogens is 647 g/mol. The predicted octanol–water partition coefficient (Wildman–Crippen LogP) is 11.2. The number of nitrogens with zero attached hydrogens (tertiary/aromatic N) is 1. The van der Waals surface area contributed by atoms with E-state index in [-0.39, 0.29) is 19.1 Å². The van der Waals surface area contributed by atoms with Crippen molar-refractivity contribution in [3.8, 4) is 0 Å². The summed E-state index contributed by atoms with van der Waals surface area (Å²) in [5.41, 5.74) is 0. The summed E-state index contributed by atoms with van der Waals surface area (Å²) in [7, 11) is 1.58. The third kappa shape index (κ3) is 35.6. The molecule has 3 N–H and O–H groups in total. The highest BCUT2D eigenvalue weighted by Gasteiger charge is 2.27. The molecule has 0 aromatic carbocycles. The number of quaternary nitrogens is 1. The average Bonchev–Trinajstić information content (AvgIpc) is 3.06. The van der Waals surface area contributed by atoms with E-state index >= 15 is 0 Å². The number of aliphatic hydroxyl groups excluding tert-OH is 1. The monoisotopic (exact) mass is 732 g/mol. The molecule has 0 aliphatic heterocycles. The first kappa shape index (κ1) is 49.2. The number of phosphoric acid groups is 1. The van der Waals surface area contributed by atoms with Crippen molar-refractivity contribution in [1.29, 1.82) is 0 Å². The van der Waals surface area contributed by atoms with Gasteiger partial charge in [-0.05, 0) is 19.3 Å². The first-order valence-corrected chi connectivity index (χ1v) is 22.6. The van der Waals surface area contributed by atoms with E-state index in [9.17, 15) is 19.4 Å². The minimum atomic E-state index is -4.32. The smallest absolute Gasteiger partial charge is 0.387 e. The van der Waals surface area contributed by atoms with Crippen LogP contribution in [0.3, 0.4) is 0 Å². The van der Waals surface area contributed by atoms with Gasteiger partial charge in [0.15, 0.2) is 0 Å². The van der Waals surface area contributed by atoms with E-state index < -0.39 is 20.0 Å². The first-order chi connectivity index (χ1) is 24.0. The number of carbonyl (C=O) groups is 1. The molecule has 0 heterocycles. The van der Waals surface area contributed by atoms with Gasteiger partial charge in [-0.15, -0.1) is 0 Å². The van der Waals surface area contributed by atoms with Gasteiger partial charge >= 0.3 is 7.82 Å². The summed E-state index contributed by atoms with van der Waals surface area (Å²) in [4.78, 5) is 23.0. The van der Waals surface area contributed by atoms with Crippen molar-refractivity contribution in [2.45, 2.75) is 206 Å². The van der Waals surface area contributed by atoms with Gasteiger partial charge in [-0.1, -0.05) is 180 Å². The van der Waals surface area contributed by atoms with E-state index in [2.05, 4.69) is 19.2 Å². The Labute approximate surface area is 310 Å². The molecule has 3 unspecified atom stereocenters. The average molecular weight is 732 g/mol. The molecule has 0 spiro atoms. The Morgan fingerprint density at radius 3 is 1.48 bits per heavy atom. The highest BCUT2D eigenvalue weighted by atomic mass is 31.2. The van der Waals surface area contributed by atoms with E-state index in [0.717, 1.165) is 38.5 Å². The van der Waals surface area contributed by atoms with Crippen LogP contribution in [0.25, 0.3) is 0 Å². The summed E-state index contributed by atoms with van der Waals surface area (Å²) >= 11 is 0. The van der Waals surface area contributed by atoms with Crippen LogP contribution in [-0.4, -0.2) is 73.4 Å². The number of phosphoric ester groups is 1. The second kappa shape index (κ2) is 34.0. The largest absolute Gasteiger partial charge is 0.472 e. The van der Waals surface area contributed by atoms with Crippen molar-refractivity contribution in [3.63, 3.8) is 0 Å². The summed E-state index contributed by atoms with van der Waals surface area (Å²) in [5.74, 6) is -0.177. The number of hydrogen-bond acceptors (Lipinski definition) is 5. The summed E-state index contributed by atoms with van der Waals surface area (Å²) in [5, 5.41) is 13.7. The van der Waals surface area contributed by atoms with Crippen molar-refractivity contribution in [1.82, 2.24) is 5.32 Å². The second-order valence-corrected chi connectivity index (χ2v) is 17.2. The van der Waals surface area contributed by atoms with E-state index in [1.165, 1.54) is 135 Å². The number of unbranched alkanes of at least 4 members (excludes halogenated alkanes) is 25. The van der Waals surface area contributed by atoms with Crippen molar-refractivity contribution in [2.75, 3.05) is 40.9 Å². The van der Waals surface area contributed by atoms with E-state index in [1.807, 2.05) is 27.2 Å². The van der Waals surface area contributed by atoms with Crippen LogP contribution >= 0.6 is 7.82 Å². The molecule has 0 aliphatic carbocycles. The Balaban J connectivity index is 4.29. The standard InChI is InChI=1S/C41H83N2O6P/c1-6-8-10-12-14-16-17-18-19-20-21-22-23-24-25-27-29-31-33-35-41(45)42-39(38-49-50(46,47)48-37-36-43(3,4)5)40(44)34-32-30-28-26-15-13-11-9-7-2/h32,34,39-40,44H,6-31,33,35-38H2,1-5H3,(H-,42,45,46,47)/p+1/b34-32+. The normalized spacial score (nSPS) is 14.6. The fourth-order valence-electron chi connectivity index (χ4n) is 6.10. The Morgan fingerprint density at radius 1 is 0.660 bits per heavy atom. The quantitative estimate of drug-likeness (QED) is 0.0253. The molecule has 0 aromatic heterocycles. The van der Waals surface area contributed by atoms with Crippen molar-refractivity contribution < 1.29 is 32.9 Å². The molecule has 0 bridgehead atoms. The lowest BCUT2D eigenvalue weighted by Gasteiger charge is -2.25. The molecular formula is C41H84N2O6P+. The van der Waals surface area contributed by atoms with Gasteiger partial charge in [0.25, 0.3) is 0 Å². The van der Waals surface area contributed by atoms with Gasteiger partial charge in [0.05, 0.1) is 39.9 Å². The maximum atomic E-state index is 12.8. The van der Waals surface area contributed by atoms with Crippen LogP contribution in [0.5, 0.6) is 0 Å². The molecule has 3 atom stereocenters. The zero-order valence-corrected chi connectivity index (χ0v) is 34.5. The lowest BCUT2D eigenvalue weighted by molar-refractivity contribution is -0.870. The fraction of sp³-hybridized carbons (Fsp3) is 0.927. The lowest BCUT2D eigenvalue weighted by Crippen LogP contribution is -2.45. The number of rotatable bonds is 38. The second-order valence-electron chi connectivity index (χ2n) is 15.7. The Morgan fingerprint density at radius 2 is 1.06 bits per heavy atom. The van der Waals surface area contributed by atoms with Gasteiger partial charge in [0.1, 0.15) is 13.2 Å². The van der Waals surface area contributed by atoms with Crippen LogP contribution in [0.15, 0.2) is 12.2 Å². The number of likely N-dealkylation sites (N-methyl/N-ethyl adjacent to an activating group) is 1. The molecule has 8 nitrogen and oxygen atoms in total. The molecule has 1 amide bonds. The fourth-order valence-corrected chi connectivity index (χ4v) is 6.84. The van der Waals surface area contributed by atoms with Crippen LogP contribution in [-0.2, 0) is 18.4 Å². The zero-order chi connectivity index (χ0) is 37.2. The van der Waals surface area contributed by atoms with E-state index in [1.54, 1.807) is 6.08 Å².